The highest BCUT2D eigenvalue weighted by atomic mass is 16.5. The molecule has 0 aliphatic carbocycles. The lowest BCUT2D eigenvalue weighted by atomic mass is 10.0. The number of rotatable bonds is 5. The van der Waals surface area contributed by atoms with Crippen molar-refractivity contribution in [1.29, 1.82) is 0 Å². The van der Waals surface area contributed by atoms with Crippen molar-refractivity contribution >= 4 is 17.0 Å². The Kier molecular flexibility index (Phi) is 4.20. The van der Waals surface area contributed by atoms with Gasteiger partial charge < -0.3 is 4.74 Å². The largest absolute Gasteiger partial charge is 0.488 e. The van der Waals surface area contributed by atoms with Gasteiger partial charge in [-0.3, -0.25) is 0 Å². The van der Waals surface area contributed by atoms with Crippen LogP contribution in [0, 0.1) is 0 Å². The first-order valence-corrected chi connectivity index (χ1v) is 7.97. The average molecular weight is 328 g/mol. The fraction of sp³-hybridized carbons (Fsp3) is 0.0500. The van der Waals surface area contributed by atoms with Gasteiger partial charge in [-0.1, -0.05) is 60.7 Å². The second-order valence-electron chi connectivity index (χ2n) is 5.56. The second kappa shape index (κ2) is 6.97. The summed E-state index contributed by atoms with van der Waals surface area (Å²) in [6.45, 7) is 0.507. The molecule has 1 aromatic heterocycles. The Morgan fingerprint density at radius 3 is 2.48 bits per heavy atom. The number of benzene rings is 3. The maximum Gasteiger partial charge on any atom is 0.141 e. The molecule has 25 heavy (non-hydrogen) atoms. The molecule has 4 rings (SSSR count). The molecule has 1 heterocycles. The highest BCUT2D eigenvalue weighted by molar-refractivity contribution is 6.02. The van der Waals surface area contributed by atoms with E-state index < -0.39 is 0 Å². The van der Waals surface area contributed by atoms with Gasteiger partial charge in [0.2, 0.25) is 0 Å². The number of fused-ring (bicyclic) bond motifs is 1. The van der Waals surface area contributed by atoms with E-state index in [2.05, 4.69) is 33.5 Å². The Labute approximate surface area is 145 Å². The first-order valence-electron chi connectivity index (χ1n) is 7.97. The molecule has 0 atom stereocenters. The van der Waals surface area contributed by atoms with Gasteiger partial charge >= 0.3 is 0 Å². The van der Waals surface area contributed by atoms with E-state index in [1.807, 2.05) is 48.5 Å². The molecule has 0 radical (unpaired) electrons. The lowest BCUT2D eigenvalue weighted by molar-refractivity contribution is 0.306. The SMILES string of the molecule is C(=N\n1cnnc1)/c1c(OCc2ccccc2)ccc2ccccc12. The fourth-order valence-corrected chi connectivity index (χ4v) is 2.65. The van der Waals surface area contributed by atoms with E-state index in [0.717, 1.165) is 27.6 Å². The lowest BCUT2D eigenvalue weighted by Gasteiger charge is -2.12. The minimum absolute atomic E-state index is 0.507. The molecular formula is C20H16N4O. The van der Waals surface area contributed by atoms with Crippen LogP contribution in [0.5, 0.6) is 5.75 Å². The fourth-order valence-electron chi connectivity index (χ4n) is 2.65. The van der Waals surface area contributed by atoms with Crippen LogP contribution < -0.4 is 4.74 Å². The van der Waals surface area contributed by atoms with E-state index in [9.17, 15) is 0 Å². The zero-order valence-electron chi connectivity index (χ0n) is 13.5. The Morgan fingerprint density at radius 2 is 1.64 bits per heavy atom. The van der Waals surface area contributed by atoms with Gasteiger partial charge in [-0.2, -0.15) is 5.10 Å². The molecule has 0 unspecified atom stereocenters. The van der Waals surface area contributed by atoms with E-state index in [0.29, 0.717) is 6.61 Å². The minimum Gasteiger partial charge on any atom is -0.488 e. The highest BCUT2D eigenvalue weighted by Crippen LogP contribution is 2.27. The number of aromatic nitrogens is 3. The Morgan fingerprint density at radius 1 is 0.880 bits per heavy atom. The number of ether oxygens (including phenoxy) is 1. The quantitative estimate of drug-likeness (QED) is 0.522. The van der Waals surface area contributed by atoms with Crippen LogP contribution >= 0.6 is 0 Å². The van der Waals surface area contributed by atoms with Crippen molar-refractivity contribution in [3.05, 3.63) is 90.5 Å². The molecule has 0 saturated carbocycles. The first-order chi connectivity index (χ1) is 12.4. The summed E-state index contributed by atoms with van der Waals surface area (Å²) in [4.78, 5) is 0. The van der Waals surface area contributed by atoms with Crippen molar-refractivity contribution in [3.8, 4) is 5.75 Å². The molecule has 0 bridgehead atoms. The Bertz CT molecular complexity index is 995. The molecule has 0 saturated heterocycles. The molecule has 5 nitrogen and oxygen atoms in total. The summed E-state index contributed by atoms with van der Waals surface area (Å²) in [5.74, 6) is 0.791. The third kappa shape index (κ3) is 3.40. The highest BCUT2D eigenvalue weighted by Gasteiger charge is 2.07. The predicted octanol–water partition coefficient (Wildman–Crippen LogP) is 3.89. The summed E-state index contributed by atoms with van der Waals surface area (Å²) < 4.78 is 7.63. The molecule has 0 fully saturated rings. The molecule has 0 aliphatic heterocycles. The third-order valence-corrected chi connectivity index (χ3v) is 3.89. The monoisotopic (exact) mass is 328 g/mol. The number of nitrogens with zero attached hydrogens (tertiary/aromatic N) is 4. The van der Waals surface area contributed by atoms with E-state index in [1.165, 1.54) is 0 Å². The maximum absolute atomic E-state index is 6.07. The van der Waals surface area contributed by atoms with Gasteiger partial charge in [0.15, 0.2) is 0 Å². The number of hydrogen-bond acceptors (Lipinski definition) is 4. The lowest BCUT2D eigenvalue weighted by Crippen LogP contribution is -1.99. The molecule has 4 aromatic rings. The molecular weight excluding hydrogens is 312 g/mol. The Balaban J connectivity index is 1.71. The van der Waals surface area contributed by atoms with E-state index >= 15 is 0 Å². The van der Waals surface area contributed by atoms with Crippen LogP contribution in [0.3, 0.4) is 0 Å². The third-order valence-electron chi connectivity index (χ3n) is 3.89. The van der Waals surface area contributed by atoms with Crippen LogP contribution in [-0.2, 0) is 6.61 Å². The van der Waals surface area contributed by atoms with Crippen molar-refractivity contribution < 1.29 is 4.74 Å². The van der Waals surface area contributed by atoms with Gasteiger partial charge in [0.05, 0.1) is 6.21 Å². The van der Waals surface area contributed by atoms with Gasteiger partial charge in [-0.05, 0) is 22.4 Å². The second-order valence-corrected chi connectivity index (χ2v) is 5.56. The molecule has 0 aliphatic rings. The molecule has 5 heteroatoms. The molecule has 0 amide bonds. The van der Waals surface area contributed by atoms with Crippen LogP contribution in [0.2, 0.25) is 0 Å². The Hall–Kier alpha value is -3.47. The first kappa shape index (κ1) is 15.1. The average Bonchev–Trinajstić information content (AvgIpc) is 3.19. The standard InChI is InChI=1S/C20H16N4O/c1-2-6-16(7-3-1)13-25-20-11-10-17-8-4-5-9-18(17)19(20)12-23-24-14-21-22-15-24/h1-12,14-15H,13H2/b23-12+. The normalized spacial score (nSPS) is 11.2. The van der Waals surface area contributed by atoms with Gasteiger partial charge in [0, 0.05) is 5.56 Å². The van der Waals surface area contributed by atoms with Crippen molar-refractivity contribution in [2.45, 2.75) is 6.61 Å². The van der Waals surface area contributed by atoms with Crippen molar-refractivity contribution in [1.82, 2.24) is 14.9 Å². The maximum atomic E-state index is 6.07. The summed E-state index contributed by atoms with van der Waals surface area (Å²) in [5, 5.41) is 14.1. The zero-order valence-corrected chi connectivity index (χ0v) is 13.5. The minimum atomic E-state index is 0.507. The van der Waals surface area contributed by atoms with Crippen LogP contribution in [-0.4, -0.2) is 21.1 Å². The van der Waals surface area contributed by atoms with Crippen molar-refractivity contribution in [2.75, 3.05) is 0 Å². The van der Waals surface area contributed by atoms with Crippen LogP contribution in [0.1, 0.15) is 11.1 Å². The van der Waals surface area contributed by atoms with Crippen LogP contribution in [0.4, 0.5) is 0 Å². The molecule has 0 N–H and O–H groups in total. The zero-order chi connectivity index (χ0) is 16.9. The van der Waals surface area contributed by atoms with E-state index in [1.54, 1.807) is 23.5 Å². The summed E-state index contributed by atoms with van der Waals surface area (Å²) in [6, 6.07) is 22.3. The van der Waals surface area contributed by atoms with Gasteiger partial charge in [0.25, 0.3) is 0 Å². The summed E-state index contributed by atoms with van der Waals surface area (Å²) in [5.41, 5.74) is 2.06. The van der Waals surface area contributed by atoms with Crippen LogP contribution in [0.25, 0.3) is 10.8 Å². The number of hydrogen-bond donors (Lipinski definition) is 0. The summed E-state index contributed by atoms with van der Waals surface area (Å²) in [7, 11) is 0. The molecule has 0 spiro atoms. The van der Waals surface area contributed by atoms with Gasteiger partial charge in [0.1, 0.15) is 25.0 Å². The van der Waals surface area contributed by atoms with E-state index in [4.69, 9.17) is 4.74 Å². The molecule has 122 valence electrons. The van der Waals surface area contributed by atoms with Gasteiger partial charge in [-0.15, -0.1) is 10.2 Å². The van der Waals surface area contributed by atoms with Crippen molar-refractivity contribution in [3.63, 3.8) is 0 Å². The van der Waals surface area contributed by atoms with E-state index in [-0.39, 0.29) is 0 Å². The smallest absolute Gasteiger partial charge is 0.141 e. The predicted molar refractivity (Wildman–Crippen MR) is 97.7 cm³/mol. The molecule has 3 aromatic carbocycles. The van der Waals surface area contributed by atoms with Crippen molar-refractivity contribution in [2.24, 2.45) is 5.10 Å². The summed E-state index contributed by atoms with van der Waals surface area (Å²) >= 11 is 0. The topological polar surface area (TPSA) is 52.3 Å². The van der Waals surface area contributed by atoms with Gasteiger partial charge in [-0.25, -0.2) is 4.68 Å². The van der Waals surface area contributed by atoms with Crippen LogP contribution in [0.15, 0.2) is 84.5 Å². The summed E-state index contributed by atoms with van der Waals surface area (Å²) in [6.07, 6.45) is 4.88.